The molecule has 114 valence electrons. The van der Waals surface area contributed by atoms with Crippen molar-refractivity contribution in [2.45, 2.75) is 13.3 Å². The smallest absolute Gasteiger partial charge is 0.345 e. The fourth-order valence-electron chi connectivity index (χ4n) is 1.51. The standard InChI is InChI=1S/C13H11N3O5S/c1-2-11(17)21-9-6-4-3-5-8(9)12(18)15-13-14-7-10(22-13)16(19)20/h3-7H,2H2,1H3,(H,14,15,18). The third kappa shape index (κ3) is 3.64. The zero-order chi connectivity index (χ0) is 16.1. The molecule has 0 unspecified atom stereocenters. The molecule has 2 aromatic rings. The number of para-hydroxylation sites is 1. The zero-order valence-electron chi connectivity index (χ0n) is 11.4. The Kier molecular flexibility index (Phi) is 4.79. The van der Waals surface area contributed by atoms with Crippen LogP contribution >= 0.6 is 11.3 Å². The summed E-state index contributed by atoms with van der Waals surface area (Å²) in [5.74, 6) is -0.910. The third-order valence-corrected chi connectivity index (χ3v) is 3.40. The Bertz CT molecular complexity index is 728. The monoisotopic (exact) mass is 321 g/mol. The third-order valence-electron chi connectivity index (χ3n) is 2.54. The first-order valence-electron chi connectivity index (χ1n) is 6.22. The summed E-state index contributed by atoms with van der Waals surface area (Å²) in [5, 5.41) is 12.9. The number of carbonyl (C=O) groups excluding carboxylic acids is 2. The molecule has 0 bridgehead atoms. The van der Waals surface area contributed by atoms with E-state index in [9.17, 15) is 19.7 Å². The van der Waals surface area contributed by atoms with Gasteiger partial charge in [0.1, 0.15) is 11.9 Å². The highest BCUT2D eigenvalue weighted by molar-refractivity contribution is 7.18. The van der Waals surface area contributed by atoms with Crippen molar-refractivity contribution in [3.63, 3.8) is 0 Å². The summed E-state index contributed by atoms with van der Waals surface area (Å²) < 4.78 is 5.07. The van der Waals surface area contributed by atoms with E-state index in [-0.39, 0.29) is 27.9 Å². The van der Waals surface area contributed by atoms with Gasteiger partial charge < -0.3 is 4.74 Å². The SMILES string of the molecule is CCC(=O)Oc1ccccc1C(=O)Nc1ncc([N+](=O)[O-])s1. The van der Waals surface area contributed by atoms with E-state index in [0.29, 0.717) is 0 Å². The number of nitro groups is 1. The van der Waals surface area contributed by atoms with Crippen LogP contribution in [0.2, 0.25) is 0 Å². The summed E-state index contributed by atoms with van der Waals surface area (Å²) in [6, 6.07) is 6.22. The second-order valence-electron chi connectivity index (χ2n) is 4.04. The van der Waals surface area contributed by atoms with E-state index in [2.05, 4.69) is 10.3 Å². The molecule has 0 fully saturated rings. The molecule has 9 heteroatoms. The van der Waals surface area contributed by atoms with Crippen LogP contribution in [0.4, 0.5) is 10.1 Å². The number of nitrogens with zero attached hydrogens (tertiary/aromatic N) is 2. The maximum absolute atomic E-state index is 12.2. The van der Waals surface area contributed by atoms with Gasteiger partial charge in [0.25, 0.3) is 5.91 Å². The van der Waals surface area contributed by atoms with E-state index in [1.807, 2.05) is 0 Å². The average molecular weight is 321 g/mol. The van der Waals surface area contributed by atoms with E-state index < -0.39 is 16.8 Å². The number of esters is 1. The molecule has 0 saturated carbocycles. The van der Waals surface area contributed by atoms with E-state index in [4.69, 9.17) is 4.74 Å². The van der Waals surface area contributed by atoms with Gasteiger partial charge in [0.15, 0.2) is 5.13 Å². The lowest BCUT2D eigenvalue weighted by Crippen LogP contribution is -2.15. The first kappa shape index (κ1) is 15.6. The Morgan fingerprint density at radius 3 is 2.77 bits per heavy atom. The van der Waals surface area contributed by atoms with Crippen LogP contribution in [0.15, 0.2) is 30.5 Å². The summed E-state index contributed by atoms with van der Waals surface area (Å²) >= 11 is 0.738. The number of aromatic nitrogens is 1. The van der Waals surface area contributed by atoms with Crippen LogP contribution in [0.25, 0.3) is 0 Å². The van der Waals surface area contributed by atoms with Crippen molar-refractivity contribution in [3.05, 3.63) is 46.1 Å². The first-order valence-corrected chi connectivity index (χ1v) is 7.04. The molecule has 0 aliphatic rings. The van der Waals surface area contributed by atoms with Gasteiger partial charge in [0, 0.05) is 6.42 Å². The Hall–Kier alpha value is -2.81. The quantitative estimate of drug-likeness (QED) is 0.392. The molecule has 0 aliphatic heterocycles. The molecule has 1 heterocycles. The molecule has 1 aromatic carbocycles. The topological polar surface area (TPSA) is 111 Å². The molecule has 0 radical (unpaired) electrons. The van der Waals surface area contributed by atoms with Crippen molar-refractivity contribution >= 4 is 33.3 Å². The van der Waals surface area contributed by atoms with Crippen molar-refractivity contribution in [2.75, 3.05) is 5.32 Å². The van der Waals surface area contributed by atoms with Gasteiger partial charge in [-0.3, -0.25) is 25.0 Å². The van der Waals surface area contributed by atoms with Crippen LogP contribution in [0, 0.1) is 10.1 Å². The van der Waals surface area contributed by atoms with Crippen LogP contribution < -0.4 is 10.1 Å². The Morgan fingerprint density at radius 2 is 2.14 bits per heavy atom. The van der Waals surface area contributed by atoms with Gasteiger partial charge in [-0.1, -0.05) is 19.1 Å². The molecule has 0 saturated heterocycles. The van der Waals surface area contributed by atoms with E-state index >= 15 is 0 Å². The molecule has 2 rings (SSSR count). The summed E-state index contributed by atoms with van der Waals surface area (Å²) in [6.07, 6.45) is 1.23. The Balaban J connectivity index is 2.18. The fraction of sp³-hybridized carbons (Fsp3) is 0.154. The van der Waals surface area contributed by atoms with Gasteiger partial charge in [-0.05, 0) is 23.5 Å². The number of thiazole rings is 1. The number of rotatable bonds is 5. The van der Waals surface area contributed by atoms with Crippen molar-refractivity contribution in [3.8, 4) is 5.75 Å². The predicted octanol–water partition coefficient (Wildman–Crippen LogP) is 2.62. The summed E-state index contributed by atoms with van der Waals surface area (Å²) in [7, 11) is 0. The highest BCUT2D eigenvalue weighted by Crippen LogP contribution is 2.26. The van der Waals surface area contributed by atoms with Gasteiger partial charge in [-0.2, -0.15) is 0 Å². The van der Waals surface area contributed by atoms with Crippen LogP contribution in [0.3, 0.4) is 0 Å². The second-order valence-corrected chi connectivity index (χ2v) is 5.05. The van der Waals surface area contributed by atoms with E-state index in [1.54, 1.807) is 19.1 Å². The number of anilines is 1. The van der Waals surface area contributed by atoms with Crippen LogP contribution in [0.1, 0.15) is 23.7 Å². The lowest BCUT2D eigenvalue weighted by atomic mass is 10.2. The molecule has 0 atom stereocenters. The normalized spacial score (nSPS) is 10.0. The molecule has 22 heavy (non-hydrogen) atoms. The molecule has 1 N–H and O–H groups in total. The van der Waals surface area contributed by atoms with Crippen molar-refractivity contribution in [2.24, 2.45) is 0 Å². The number of hydrogen-bond donors (Lipinski definition) is 1. The van der Waals surface area contributed by atoms with Gasteiger partial charge in [-0.25, -0.2) is 4.98 Å². The van der Waals surface area contributed by atoms with E-state index in [0.717, 1.165) is 17.5 Å². The highest BCUT2D eigenvalue weighted by Gasteiger charge is 2.18. The number of amides is 1. The van der Waals surface area contributed by atoms with Gasteiger partial charge >= 0.3 is 11.0 Å². The second kappa shape index (κ2) is 6.76. The summed E-state index contributed by atoms with van der Waals surface area (Å²) in [4.78, 5) is 37.3. The first-order chi connectivity index (χ1) is 10.5. The molecule has 0 aliphatic carbocycles. The number of benzene rings is 1. The van der Waals surface area contributed by atoms with Gasteiger partial charge in [0.05, 0.1) is 10.5 Å². The minimum absolute atomic E-state index is 0.0910. The fourth-order valence-corrected chi connectivity index (χ4v) is 2.14. The summed E-state index contributed by atoms with van der Waals surface area (Å²) in [6.45, 7) is 1.64. The zero-order valence-corrected chi connectivity index (χ0v) is 12.3. The van der Waals surface area contributed by atoms with Crippen LogP contribution in [-0.4, -0.2) is 21.8 Å². The number of nitrogens with one attached hydrogen (secondary N) is 1. The minimum Gasteiger partial charge on any atom is -0.426 e. The van der Waals surface area contributed by atoms with Crippen molar-refractivity contribution in [1.82, 2.24) is 4.98 Å². The van der Waals surface area contributed by atoms with Gasteiger partial charge in [-0.15, -0.1) is 0 Å². The molecule has 1 amide bonds. The largest absolute Gasteiger partial charge is 0.426 e. The Labute approximate surface area is 128 Å². The molecule has 1 aromatic heterocycles. The summed E-state index contributed by atoms with van der Waals surface area (Å²) in [5.41, 5.74) is 0.141. The molecule has 0 spiro atoms. The molecular formula is C13H11N3O5S. The molecular weight excluding hydrogens is 310 g/mol. The average Bonchev–Trinajstić information content (AvgIpc) is 2.96. The van der Waals surface area contributed by atoms with E-state index in [1.165, 1.54) is 12.1 Å². The maximum atomic E-state index is 12.2. The van der Waals surface area contributed by atoms with Crippen molar-refractivity contribution < 1.29 is 19.2 Å². The number of ether oxygens (including phenoxy) is 1. The predicted molar refractivity (Wildman–Crippen MR) is 79.1 cm³/mol. The van der Waals surface area contributed by atoms with Crippen LogP contribution in [0.5, 0.6) is 5.75 Å². The minimum atomic E-state index is -0.593. The van der Waals surface area contributed by atoms with Crippen molar-refractivity contribution in [1.29, 1.82) is 0 Å². The number of carbonyl (C=O) groups is 2. The van der Waals surface area contributed by atoms with Gasteiger partial charge in [0.2, 0.25) is 0 Å². The highest BCUT2D eigenvalue weighted by atomic mass is 32.1. The lowest BCUT2D eigenvalue weighted by Gasteiger charge is -2.08. The molecule has 8 nitrogen and oxygen atoms in total. The van der Waals surface area contributed by atoms with Crippen LogP contribution in [-0.2, 0) is 4.79 Å². The Morgan fingerprint density at radius 1 is 1.41 bits per heavy atom. The maximum Gasteiger partial charge on any atom is 0.345 e. The lowest BCUT2D eigenvalue weighted by molar-refractivity contribution is -0.380. The number of hydrogen-bond acceptors (Lipinski definition) is 7.